The third-order valence-corrected chi connectivity index (χ3v) is 3.63. The highest BCUT2D eigenvalue weighted by atomic mass is 16.5. The molecule has 2 aliphatic heterocycles. The van der Waals surface area contributed by atoms with Crippen molar-refractivity contribution in [1.82, 2.24) is 15.4 Å². The summed E-state index contributed by atoms with van der Waals surface area (Å²) in [6, 6.07) is 5.08. The van der Waals surface area contributed by atoms with Crippen LogP contribution >= 0.6 is 0 Å². The lowest BCUT2D eigenvalue weighted by molar-refractivity contribution is -0.0524. The summed E-state index contributed by atoms with van der Waals surface area (Å²) >= 11 is 0. The quantitative estimate of drug-likeness (QED) is 0.650. The Morgan fingerprint density at radius 2 is 2.27 bits per heavy atom. The molecule has 2 aliphatic rings. The number of nitrogens with zero attached hydrogens (tertiary/aromatic N) is 2. The van der Waals surface area contributed by atoms with Crippen molar-refractivity contribution in [3.8, 4) is 0 Å². The molecular formula is C15H18N4O3. The van der Waals surface area contributed by atoms with Gasteiger partial charge in [0.15, 0.2) is 0 Å². The number of carbonyl (C=O) groups is 1. The van der Waals surface area contributed by atoms with Gasteiger partial charge in [-0.25, -0.2) is 14.9 Å². The van der Waals surface area contributed by atoms with E-state index in [1.807, 2.05) is 23.2 Å². The molecule has 0 saturated carbocycles. The normalized spacial score (nSPS) is 17.0. The molecule has 0 atom stereocenters. The maximum absolute atomic E-state index is 11.0. The Balaban J connectivity index is 1.52. The number of hydroxylamine groups is 2. The van der Waals surface area contributed by atoms with Gasteiger partial charge in [-0.05, 0) is 29.8 Å². The van der Waals surface area contributed by atoms with E-state index in [-0.39, 0.29) is 0 Å². The number of nitrogens with one attached hydrogen (secondary N) is 2. The number of benzene rings is 1. The van der Waals surface area contributed by atoms with E-state index < -0.39 is 5.97 Å². The summed E-state index contributed by atoms with van der Waals surface area (Å²) in [5, 5.41) is 25.0. The van der Waals surface area contributed by atoms with Gasteiger partial charge in [0.25, 0.3) is 0 Å². The first-order valence-corrected chi connectivity index (χ1v) is 7.08. The molecule has 2 heterocycles. The predicted octanol–water partition coefficient (Wildman–Crippen LogP) is 1.22. The van der Waals surface area contributed by atoms with Gasteiger partial charge in [0, 0.05) is 19.6 Å². The summed E-state index contributed by atoms with van der Waals surface area (Å²) in [6.45, 7) is 2.50. The van der Waals surface area contributed by atoms with Crippen molar-refractivity contribution < 1.29 is 15.1 Å². The van der Waals surface area contributed by atoms with E-state index in [4.69, 9.17) is 5.11 Å². The van der Waals surface area contributed by atoms with Crippen molar-refractivity contribution in [2.75, 3.05) is 25.1 Å². The molecule has 0 saturated heterocycles. The molecule has 7 heteroatoms. The molecule has 0 aromatic heterocycles. The molecule has 22 heavy (non-hydrogen) atoms. The first-order valence-electron chi connectivity index (χ1n) is 7.08. The average molecular weight is 302 g/mol. The molecule has 0 fully saturated rings. The molecule has 0 amide bonds. The predicted molar refractivity (Wildman–Crippen MR) is 81.2 cm³/mol. The standard InChI is InChI=1S/C15H18N4O3/c20-15(21)11-4-5-13-12(9-11)10-18(17-13)8-6-16-14-3-1-2-7-19(14)22/h1-5,9,16-17,22H,6-8,10H2,(H,20,21). The Bertz CT molecular complexity index is 642. The molecule has 3 rings (SSSR count). The first kappa shape index (κ1) is 14.4. The number of aromatic carboxylic acids is 1. The second kappa shape index (κ2) is 6.08. The number of hydrogen-bond acceptors (Lipinski definition) is 6. The van der Waals surface area contributed by atoms with Crippen molar-refractivity contribution in [2.45, 2.75) is 6.54 Å². The molecule has 0 bridgehead atoms. The number of anilines is 1. The summed E-state index contributed by atoms with van der Waals surface area (Å²) in [5.74, 6) is -0.240. The van der Waals surface area contributed by atoms with Crippen LogP contribution in [-0.2, 0) is 6.54 Å². The lowest BCUT2D eigenvalue weighted by atomic mass is 10.1. The van der Waals surface area contributed by atoms with Crippen LogP contribution in [0.25, 0.3) is 0 Å². The number of allylic oxidation sites excluding steroid dienone is 2. The molecule has 4 N–H and O–H groups in total. The fourth-order valence-electron chi connectivity index (χ4n) is 2.49. The Morgan fingerprint density at radius 1 is 1.41 bits per heavy atom. The second-order valence-electron chi connectivity index (χ2n) is 5.20. The average Bonchev–Trinajstić information content (AvgIpc) is 2.90. The van der Waals surface area contributed by atoms with E-state index in [0.717, 1.165) is 16.3 Å². The number of carboxylic acids is 1. The second-order valence-corrected chi connectivity index (χ2v) is 5.20. The van der Waals surface area contributed by atoms with E-state index in [1.165, 1.54) is 0 Å². The zero-order valence-electron chi connectivity index (χ0n) is 12.0. The molecule has 116 valence electrons. The van der Waals surface area contributed by atoms with Gasteiger partial charge >= 0.3 is 5.97 Å². The molecular weight excluding hydrogens is 284 g/mol. The summed E-state index contributed by atoms with van der Waals surface area (Å²) in [5.41, 5.74) is 5.46. The number of hydrogen-bond donors (Lipinski definition) is 4. The van der Waals surface area contributed by atoms with Crippen molar-refractivity contribution >= 4 is 11.7 Å². The van der Waals surface area contributed by atoms with Crippen LogP contribution in [-0.4, -0.2) is 46.0 Å². The topological polar surface area (TPSA) is 88.1 Å². The van der Waals surface area contributed by atoms with Crippen LogP contribution in [0.3, 0.4) is 0 Å². The van der Waals surface area contributed by atoms with Crippen LogP contribution in [0.5, 0.6) is 0 Å². The van der Waals surface area contributed by atoms with E-state index in [0.29, 0.717) is 37.6 Å². The van der Waals surface area contributed by atoms with Crippen molar-refractivity contribution in [2.24, 2.45) is 0 Å². The van der Waals surface area contributed by atoms with Crippen LogP contribution in [0.15, 0.2) is 42.2 Å². The molecule has 0 spiro atoms. The Hall–Kier alpha value is -2.51. The minimum atomic E-state index is -0.914. The van der Waals surface area contributed by atoms with Gasteiger partial charge in [0.05, 0.1) is 17.8 Å². The van der Waals surface area contributed by atoms with Gasteiger partial charge in [0.1, 0.15) is 5.82 Å². The van der Waals surface area contributed by atoms with E-state index in [1.54, 1.807) is 18.2 Å². The molecule has 0 unspecified atom stereocenters. The largest absolute Gasteiger partial charge is 0.478 e. The Morgan fingerprint density at radius 3 is 3.05 bits per heavy atom. The fraction of sp³-hybridized carbons (Fsp3) is 0.267. The Kier molecular flexibility index (Phi) is 3.99. The van der Waals surface area contributed by atoms with Crippen LogP contribution < -0.4 is 10.7 Å². The maximum Gasteiger partial charge on any atom is 0.335 e. The smallest absolute Gasteiger partial charge is 0.335 e. The van der Waals surface area contributed by atoms with E-state index >= 15 is 0 Å². The number of carboxylic acid groups (broad SMARTS) is 1. The minimum absolute atomic E-state index is 0.301. The summed E-state index contributed by atoms with van der Waals surface area (Å²) in [4.78, 5) is 11.0. The molecule has 1 aromatic carbocycles. The van der Waals surface area contributed by atoms with Crippen LogP contribution in [0, 0.1) is 0 Å². The van der Waals surface area contributed by atoms with Crippen LogP contribution in [0.2, 0.25) is 0 Å². The zero-order valence-corrected chi connectivity index (χ0v) is 12.0. The summed E-state index contributed by atoms with van der Waals surface area (Å²) in [6.07, 6.45) is 5.57. The molecule has 7 nitrogen and oxygen atoms in total. The molecule has 0 radical (unpaired) electrons. The van der Waals surface area contributed by atoms with Gasteiger partial charge in [-0.2, -0.15) is 0 Å². The van der Waals surface area contributed by atoms with Gasteiger partial charge in [-0.15, -0.1) is 0 Å². The van der Waals surface area contributed by atoms with Crippen LogP contribution in [0.1, 0.15) is 15.9 Å². The summed E-state index contributed by atoms with van der Waals surface area (Å²) < 4.78 is 0. The summed E-state index contributed by atoms with van der Waals surface area (Å²) in [7, 11) is 0. The lowest BCUT2D eigenvalue weighted by Crippen LogP contribution is -2.36. The van der Waals surface area contributed by atoms with Gasteiger partial charge in [0.2, 0.25) is 0 Å². The Labute approximate surface area is 128 Å². The third-order valence-electron chi connectivity index (χ3n) is 3.63. The zero-order chi connectivity index (χ0) is 15.5. The van der Waals surface area contributed by atoms with Crippen molar-refractivity contribution in [3.63, 3.8) is 0 Å². The van der Waals surface area contributed by atoms with Crippen LogP contribution in [0.4, 0.5) is 5.69 Å². The SMILES string of the molecule is O=C(O)c1ccc2c(c1)CN(CCNC1=CC=CCN1O)N2. The maximum atomic E-state index is 11.0. The minimum Gasteiger partial charge on any atom is -0.478 e. The first-order chi connectivity index (χ1) is 10.6. The number of rotatable bonds is 5. The highest BCUT2D eigenvalue weighted by molar-refractivity contribution is 5.88. The van der Waals surface area contributed by atoms with Gasteiger partial charge in [-0.3, -0.25) is 5.21 Å². The molecule has 0 aliphatic carbocycles. The number of fused-ring (bicyclic) bond motifs is 1. The van der Waals surface area contributed by atoms with Gasteiger partial charge in [-0.1, -0.05) is 12.2 Å². The lowest BCUT2D eigenvalue weighted by Gasteiger charge is -2.23. The fourth-order valence-corrected chi connectivity index (χ4v) is 2.49. The van der Waals surface area contributed by atoms with E-state index in [9.17, 15) is 10.0 Å². The highest BCUT2D eigenvalue weighted by Crippen LogP contribution is 2.25. The highest BCUT2D eigenvalue weighted by Gasteiger charge is 2.19. The number of hydrazine groups is 1. The van der Waals surface area contributed by atoms with Crippen molar-refractivity contribution in [1.29, 1.82) is 0 Å². The van der Waals surface area contributed by atoms with Crippen molar-refractivity contribution in [3.05, 3.63) is 53.4 Å². The third kappa shape index (κ3) is 3.05. The molecule has 1 aromatic rings. The van der Waals surface area contributed by atoms with E-state index in [2.05, 4.69) is 10.7 Å². The van der Waals surface area contributed by atoms with Gasteiger partial charge < -0.3 is 15.8 Å². The monoisotopic (exact) mass is 302 g/mol.